The van der Waals surface area contributed by atoms with E-state index in [1.54, 1.807) is 0 Å². The highest BCUT2D eigenvalue weighted by Gasteiger charge is 2.43. The summed E-state index contributed by atoms with van der Waals surface area (Å²) in [6, 6.07) is 39.8. The molecule has 0 N–H and O–H groups in total. The van der Waals surface area contributed by atoms with Crippen LogP contribution < -0.4 is 19.8 Å². The van der Waals surface area contributed by atoms with Crippen molar-refractivity contribution in [3.8, 4) is 22.5 Å². The predicted octanol–water partition coefficient (Wildman–Crippen LogP) is 8.38. The van der Waals surface area contributed by atoms with E-state index in [0.717, 1.165) is 21.9 Å². The molecule has 5 heteroatoms. The Morgan fingerprint density at radius 3 is 1.84 bits per heavy atom. The van der Waals surface area contributed by atoms with Gasteiger partial charge in [-0.05, 0) is 61.4 Å². The lowest BCUT2D eigenvalue weighted by Crippen LogP contribution is -2.72. The van der Waals surface area contributed by atoms with Crippen LogP contribution in [0.1, 0.15) is 11.1 Å². The Bertz CT molecular complexity index is 2300. The molecule has 0 saturated heterocycles. The van der Waals surface area contributed by atoms with Crippen molar-refractivity contribution < 1.29 is 13.6 Å². The molecule has 0 saturated carbocycles. The summed E-state index contributed by atoms with van der Waals surface area (Å²) < 4.78 is 14.1. The predicted molar refractivity (Wildman–Crippen MR) is 192 cm³/mol. The first-order valence-electron chi connectivity index (χ1n) is 15.6. The van der Waals surface area contributed by atoms with Crippen molar-refractivity contribution in [1.29, 1.82) is 0 Å². The minimum atomic E-state index is -2.21. The Labute approximate surface area is 268 Å². The molecule has 45 heavy (non-hydrogen) atoms. The molecule has 0 unspecified atom stereocenters. The van der Waals surface area contributed by atoms with E-state index >= 15 is 0 Å². The summed E-state index contributed by atoms with van der Waals surface area (Å²) in [7, 11) is 2.28. The number of furan rings is 1. The van der Waals surface area contributed by atoms with Gasteiger partial charge >= 0.3 is 0 Å². The normalized spacial score (nSPS) is 12.2. The molecule has 0 spiro atoms. The summed E-state index contributed by atoms with van der Waals surface area (Å²) in [4.78, 5) is 0. The van der Waals surface area contributed by atoms with Crippen LogP contribution in [0.25, 0.3) is 64.6 Å². The number of pyridine rings is 2. The Morgan fingerprint density at radius 2 is 1.13 bits per heavy atom. The maximum absolute atomic E-state index is 6.53. The van der Waals surface area contributed by atoms with E-state index < -0.39 is 8.07 Å². The minimum Gasteiger partial charge on any atom is -0.455 e. The zero-order valence-corrected chi connectivity index (χ0v) is 28.4. The molecule has 0 radical (unpaired) electrons. The highest BCUT2D eigenvalue weighted by molar-refractivity contribution is 7.26. The second kappa shape index (κ2) is 10.2. The van der Waals surface area contributed by atoms with Gasteiger partial charge in [-0.15, -0.1) is 11.3 Å². The fourth-order valence-corrected chi connectivity index (χ4v) is 12.0. The number of hydrogen-bond acceptors (Lipinski definition) is 2. The van der Waals surface area contributed by atoms with Crippen molar-refractivity contribution in [3.63, 3.8) is 0 Å². The number of aryl methyl sites for hydroxylation is 2. The lowest BCUT2D eigenvalue weighted by atomic mass is 10.0. The highest BCUT2D eigenvalue weighted by atomic mass is 32.1. The van der Waals surface area contributed by atoms with E-state index in [4.69, 9.17) is 4.42 Å². The second-order valence-electron chi connectivity index (χ2n) is 12.8. The van der Waals surface area contributed by atoms with Gasteiger partial charge in [0.25, 0.3) is 8.07 Å². The van der Waals surface area contributed by atoms with E-state index in [9.17, 15) is 0 Å². The van der Waals surface area contributed by atoms with Crippen molar-refractivity contribution in [3.05, 3.63) is 120 Å². The van der Waals surface area contributed by atoms with E-state index in [1.165, 1.54) is 64.4 Å². The van der Waals surface area contributed by atoms with Gasteiger partial charge in [0.2, 0.25) is 11.4 Å². The number of thiophene rings is 1. The lowest BCUT2D eigenvalue weighted by molar-refractivity contribution is -0.648. The minimum absolute atomic E-state index is 0.931. The molecule has 0 aliphatic carbocycles. The van der Waals surface area contributed by atoms with Crippen molar-refractivity contribution in [2.24, 2.45) is 14.1 Å². The molecular formula is C40H36N2OSSi+2. The molecule has 220 valence electrons. The van der Waals surface area contributed by atoms with Crippen LogP contribution in [0.5, 0.6) is 0 Å². The number of hydrogen-bond donors (Lipinski definition) is 0. The standard InChI is InChI=1S/C40H36N2OSSi/c1-25-21-23-29-27-13-7-9-17-33(27)43-39(29)37(25)31-15-11-19-35(41(31)3)45(5,6)36-20-12-16-32(42(36)4)38-26(2)22-24-30-28-14-8-10-18-34(28)44-40(30)38/h7-24H,1-6H3/q+2. The molecular weight excluding hydrogens is 585 g/mol. The monoisotopic (exact) mass is 620 g/mol. The third kappa shape index (κ3) is 4.14. The van der Waals surface area contributed by atoms with Crippen molar-refractivity contribution in [2.45, 2.75) is 26.9 Å². The SMILES string of the molecule is Cc1ccc2c(oc3ccccc32)c1-c1cccc([Si](C)(C)c2cccc(-c3c(C)ccc4c3sc3ccccc34)[n+]2C)[n+]1C. The van der Waals surface area contributed by atoms with Gasteiger partial charge in [0, 0.05) is 43.1 Å². The molecule has 0 aliphatic heterocycles. The van der Waals surface area contributed by atoms with Crippen LogP contribution in [-0.2, 0) is 14.1 Å². The van der Waals surface area contributed by atoms with Crippen LogP contribution >= 0.6 is 11.3 Å². The van der Waals surface area contributed by atoms with Crippen LogP contribution in [0.4, 0.5) is 0 Å². The Hall–Kier alpha value is -4.58. The zero-order chi connectivity index (χ0) is 31.0. The van der Waals surface area contributed by atoms with E-state index in [2.05, 4.69) is 153 Å². The van der Waals surface area contributed by atoms with Gasteiger partial charge in [0.1, 0.15) is 25.3 Å². The maximum Gasteiger partial charge on any atom is 0.271 e. The van der Waals surface area contributed by atoms with Crippen molar-refractivity contribution in [1.82, 2.24) is 0 Å². The molecule has 3 nitrogen and oxygen atoms in total. The molecule has 4 aromatic heterocycles. The third-order valence-electron chi connectivity index (χ3n) is 9.77. The summed E-state index contributed by atoms with van der Waals surface area (Å²) in [5.74, 6) is 0. The van der Waals surface area contributed by atoms with Gasteiger partial charge in [-0.2, -0.15) is 0 Å². The summed E-state index contributed by atoms with van der Waals surface area (Å²) in [5.41, 5.74) is 9.38. The summed E-state index contributed by atoms with van der Waals surface area (Å²) >= 11 is 1.91. The van der Waals surface area contributed by atoms with Gasteiger partial charge in [-0.1, -0.05) is 73.8 Å². The Balaban J connectivity index is 1.31. The molecule has 0 bridgehead atoms. The quantitative estimate of drug-likeness (QED) is 0.143. The second-order valence-corrected chi connectivity index (χ2v) is 18.1. The number of benzene rings is 4. The van der Waals surface area contributed by atoms with Gasteiger partial charge in [0.05, 0.1) is 11.1 Å². The van der Waals surface area contributed by atoms with Crippen LogP contribution in [0.3, 0.4) is 0 Å². The number of nitrogens with zero attached hydrogens (tertiary/aromatic N) is 2. The largest absolute Gasteiger partial charge is 0.455 e. The van der Waals surface area contributed by atoms with Gasteiger partial charge in [0.15, 0.2) is 10.6 Å². The maximum atomic E-state index is 6.53. The third-order valence-corrected chi connectivity index (χ3v) is 14.5. The molecule has 4 aromatic carbocycles. The van der Waals surface area contributed by atoms with Crippen molar-refractivity contribution in [2.75, 3.05) is 0 Å². The van der Waals surface area contributed by atoms with Crippen LogP contribution in [0.2, 0.25) is 13.1 Å². The fraction of sp³-hybridized carbons (Fsp3) is 0.150. The summed E-state index contributed by atoms with van der Waals surface area (Å²) in [6.07, 6.45) is 0. The molecule has 8 rings (SSSR count). The molecule has 4 heterocycles. The van der Waals surface area contributed by atoms with E-state index in [1.807, 2.05) is 17.4 Å². The van der Waals surface area contributed by atoms with Gasteiger partial charge in [-0.3, -0.25) is 0 Å². The molecule has 0 amide bonds. The van der Waals surface area contributed by atoms with Gasteiger partial charge < -0.3 is 4.42 Å². The van der Waals surface area contributed by atoms with Gasteiger partial charge in [-0.25, -0.2) is 9.13 Å². The first-order chi connectivity index (χ1) is 21.8. The van der Waals surface area contributed by atoms with E-state index in [0.29, 0.717) is 0 Å². The molecule has 0 atom stereocenters. The smallest absolute Gasteiger partial charge is 0.271 e. The Kier molecular flexibility index (Phi) is 6.35. The van der Waals surface area contributed by atoms with Crippen LogP contribution in [-0.4, -0.2) is 8.07 Å². The Morgan fingerprint density at radius 1 is 0.556 bits per heavy atom. The fourth-order valence-electron chi connectivity index (χ4n) is 7.47. The molecule has 0 fully saturated rings. The highest BCUT2D eigenvalue weighted by Crippen LogP contribution is 2.41. The zero-order valence-electron chi connectivity index (χ0n) is 26.6. The lowest BCUT2D eigenvalue weighted by Gasteiger charge is -2.20. The summed E-state index contributed by atoms with van der Waals surface area (Å²) in [5, 5.41) is 7.77. The van der Waals surface area contributed by atoms with Crippen LogP contribution in [0.15, 0.2) is 114 Å². The average Bonchev–Trinajstić information content (AvgIpc) is 3.60. The molecule has 8 aromatic rings. The average molecular weight is 621 g/mol. The van der Waals surface area contributed by atoms with Crippen LogP contribution in [0, 0.1) is 13.8 Å². The number of para-hydroxylation sites is 1. The van der Waals surface area contributed by atoms with Crippen molar-refractivity contribution >= 4 is 72.2 Å². The molecule has 0 aliphatic rings. The first-order valence-corrected chi connectivity index (χ1v) is 19.4. The number of aromatic nitrogens is 2. The summed E-state index contributed by atoms with van der Waals surface area (Å²) in [6.45, 7) is 9.40. The first kappa shape index (κ1) is 27.9. The topological polar surface area (TPSA) is 20.9 Å². The number of fused-ring (bicyclic) bond motifs is 6. The number of rotatable bonds is 4. The van der Waals surface area contributed by atoms with E-state index in [-0.39, 0.29) is 0 Å².